The first kappa shape index (κ1) is 11.1. The van der Waals surface area contributed by atoms with Gasteiger partial charge in [0.05, 0.1) is 0 Å². The van der Waals surface area contributed by atoms with E-state index < -0.39 is 5.41 Å². The van der Waals surface area contributed by atoms with E-state index in [9.17, 15) is 9.59 Å². The first-order valence-electron chi connectivity index (χ1n) is 5.08. The fourth-order valence-corrected chi connectivity index (χ4v) is 2.27. The van der Waals surface area contributed by atoms with Crippen LogP contribution < -0.4 is 5.32 Å². The maximum atomic E-state index is 11.4. The van der Waals surface area contributed by atoms with E-state index >= 15 is 0 Å². The third-order valence-corrected chi connectivity index (χ3v) is 3.14. The van der Waals surface area contributed by atoms with Crippen molar-refractivity contribution in [1.29, 1.82) is 0 Å². The summed E-state index contributed by atoms with van der Waals surface area (Å²) in [5.41, 5.74) is 0.493. The Bertz CT molecular complexity index is 440. The largest absolute Gasteiger partial charge is 0.296 e. The Morgan fingerprint density at radius 3 is 2.44 bits per heavy atom. The van der Waals surface area contributed by atoms with Gasteiger partial charge in [-0.25, -0.2) is 0 Å². The number of hydrogen-bond donors (Lipinski definition) is 1. The lowest BCUT2D eigenvalue weighted by Crippen LogP contribution is -2.45. The van der Waals surface area contributed by atoms with Crippen molar-refractivity contribution >= 4 is 23.4 Å². The van der Waals surface area contributed by atoms with Gasteiger partial charge in [-0.3, -0.25) is 14.9 Å². The van der Waals surface area contributed by atoms with Crippen LogP contribution in [0.4, 0.5) is 0 Å². The van der Waals surface area contributed by atoms with Gasteiger partial charge in [0.1, 0.15) is 0 Å². The second-order valence-electron chi connectivity index (χ2n) is 4.40. The third-order valence-electron chi connectivity index (χ3n) is 2.90. The number of amides is 2. The van der Waals surface area contributed by atoms with E-state index in [1.54, 1.807) is 6.07 Å². The van der Waals surface area contributed by atoms with Crippen LogP contribution in [-0.4, -0.2) is 11.8 Å². The quantitative estimate of drug-likeness (QED) is 0.760. The molecule has 84 valence electrons. The van der Waals surface area contributed by atoms with Gasteiger partial charge in [0.25, 0.3) is 0 Å². The highest BCUT2D eigenvalue weighted by molar-refractivity contribution is 6.30. The number of halogens is 1. The monoisotopic (exact) mass is 237 g/mol. The van der Waals surface area contributed by atoms with Gasteiger partial charge in [-0.05, 0) is 17.7 Å². The molecule has 1 saturated heterocycles. The lowest BCUT2D eigenvalue weighted by atomic mass is 9.74. The normalized spacial score (nSPS) is 19.4. The Labute approximate surface area is 98.8 Å². The highest BCUT2D eigenvalue weighted by Gasteiger charge is 2.36. The van der Waals surface area contributed by atoms with Gasteiger partial charge in [-0.2, -0.15) is 0 Å². The maximum absolute atomic E-state index is 11.4. The number of imide groups is 1. The van der Waals surface area contributed by atoms with E-state index in [4.69, 9.17) is 11.6 Å². The molecule has 0 aromatic heterocycles. The Balaban J connectivity index is 2.37. The van der Waals surface area contributed by atoms with Crippen LogP contribution in [0.1, 0.15) is 25.3 Å². The molecule has 2 amide bonds. The van der Waals surface area contributed by atoms with E-state index in [0.717, 1.165) is 5.56 Å². The first-order valence-corrected chi connectivity index (χ1v) is 5.46. The predicted molar refractivity (Wildman–Crippen MR) is 61.2 cm³/mol. The van der Waals surface area contributed by atoms with Crippen molar-refractivity contribution in [3.05, 3.63) is 34.9 Å². The molecular formula is C12H12ClNO2. The van der Waals surface area contributed by atoms with Crippen molar-refractivity contribution in [3.8, 4) is 0 Å². The van der Waals surface area contributed by atoms with Gasteiger partial charge < -0.3 is 0 Å². The third kappa shape index (κ3) is 2.09. The van der Waals surface area contributed by atoms with Gasteiger partial charge in [0, 0.05) is 23.3 Å². The zero-order valence-corrected chi connectivity index (χ0v) is 9.67. The van der Waals surface area contributed by atoms with Crippen LogP contribution in [0, 0.1) is 0 Å². The van der Waals surface area contributed by atoms with Crippen LogP contribution >= 0.6 is 11.6 Å². The highest BCUT2D eigenvalue weighted by atomic mass is 35.5. The van der Waals surface area contributed by atoms with Crippen molar-refractivity contribution in [1.82, 2.24) is 5.32 Å². The summed E-state index contributed by atoms with van der Waals surface area (Å²) in [5.74, 6) is -0.447. The topological polar surface area (TPSA) is 46.2 Å². The summed E-state index contributed by atoms with van der Waals surface area (Å²) in [7, 11) is 0. The van der Waals surface area contributed by atoms with E-state index in [0.29, 0.717) is 17.9 Å². The summed E-state index contributed by atoms with van der Waals surface area (Å²) in [6.07, 6.45) is 0.637. The molecule has 3 nitrogen and oxygen atoms in total. The van der Waals surface area contributed by atoms with Gasteiger partial charge in [0.15, 0.2) is 0 Å². The molecule has 0 unspecified atom stereocenters. The summed E-state index contributed by atoms with van der Waals surface area (Å²) in [6.45, 7) is 1.91. The smallest absolute Gasteiger partial charge is 0.227 e. The van der Waals surface area contributed by atoms with Gasteiger partial charge in [-0.15, -0.1) is 0 Å². The Hall–Kier alpha value is -1.35. The second-order valence-corrected chi connectivity index (χ2v) is 4.83. The molecule has 1 aromatic rings. The number of carbonyl (C=O) groups excluding carboxylic acids is 2. The summed E-state index contributed by atoms with van der Waals surface area (Å²) < 4.78 is 0. The average Bonchev–Trinajstić information content (AvgIpc) is 2.15. The molecule has 0 spiro atoms. The summed E-state index contributed by atoms with van der Waals surface area (Å²) in [5, 5.41) is 2.93. The average molecular weight is 238 g/mol. The lowest BCUT2D eigenvalue weighted by molar-refractivity contribution is -0.135. The van der Waals surface area contributed by atoms with Crippen LogP contribution in [0.5, 0.6) is 0 Å². The van der Waals surface area contributed by atoms with Crippen LogP contribution in [-0.2, 0) is 15.0 Å². The molecule has 1 fully saturated rings. The van der Waals surface area contributed by atoms with Gasteiger partial charge >= 0.3 is 0 Å². The fourth-order valence-electron chi connectivity index (χ4n) is 2.08. The molecule has 1 heterocycles. The minimum Gasteiger partial charge on any atom is -0.296 e. The van der Waals surface area contributed by atoms with E-state index in [1.165, 1.54) is 0 Å². The number of piperidine rings is 1. The molecule has 4 heteroatoms. The molecular weight excluding hydrogens is 226 g/mol. The van der Waals surface area contributed by atoms with Crippen LogP contribution in [0.3, 0.4) is 0 Å². The van der Waals surface area contributed by atoms with E-state index in [-0.39, 0.29) is 11.8 Å². The maximum Gasteiger partial charge on any atom is 0.227 e. The molecule has 16 heavy (non-hydrogen) atoms. The van der Waals surface area contributed by atoms with Crippen molar-refractivity contribution in [3.63, 3.8) is 0 Å². The minimum atomic E-state index is -0.440. The first-order chi connectivity index (χ1) is 7.49. The second kappa shape index (κ2) is 3.91. The molecule has 0 atom stereocenters. The predicted octanol–water partition coefficient (Wildman–Crippen LogP) is 2.03. The molecule has 1 aliphatic rings. The molecule has 1 N–H and O–H groups in total. The minimum absolute atomic E-state index is 0.223. The number of rotatable bonds is 1. The number of hydrogen-bond acceptors (Lipinski definition) is 2. The van der Waals surface area contributed by atoms with Crippen molar-refractivity contribution in [2.24, 2.45) is 0 Å². The van der Waals surface area contributed by atoms with Crippen molar-refractivity contribution in [2.45, 2.75) is 25.2 Å². The van der Waals surface area contributed by atoms with Crippen LogP contribution in [0.25, 0.3) is 0 Å². The Morgan fingerprint density at radius 1 is 1.25 bits per heavy atom. The molecule has 2 rings (SSSR count). The Morgan fingerprint density at radius 2 is 1.88 bits per heavy atom. The summed E-state index contributed by atoms with van der Waals surface area (Å²) in [6, 6.07) is 7.32. The SMILES string of the molecule is CC1(c2cccc(Cl)c2)CC(=O)NC(=O)C1. The van der Waals surface area contributed by atoms with Crippen LogP contribution in [0.2, 0.25) is 5.02 Å². The van der Waals surface area contributed by atoms with E-state index in [2.05, 4.69) is 5.32 Å². The molecule has 0 radical (unpaired) electrons. The van der Waals surface area contributed by atoms with Crippen molar-refractivity contribution in [2.75, 3.05) is 0 Å². The summed E-state index contributed by atoms with van der Waals surface area (Å²) >= 11 is 5.91. The Kier molecular flexibility index (Phi) is 2.72. The number of carbonyl (C=O) groups is 2. The zero-order chi connectivity index (χ0) is 11.8. The summed E-state index contributed by atoms with van der Waals surface area (Å²) in [4.78, 5) is 22.8. The molecule has 1 aromatic carbocycles. The molecule has 0 aliphatic carbocycles. The standard InChI is InChI=1S/C12H12ClNO2/c1-12(6-10(15)14-11(16)7-12)8-3-2-4-9(13)5-8/h2-5H,6-7H2,1H3,(H,14,15,16). The van der Waals surface area contributed by atoms with Crippen LogP contribution in [0.15, 0.2) is 24.3 Å². The van der Waals surface area contributed by atoms with Gasteiger partial charge in [-0.1, -0.05) is 30.7 Å². The number of benzene rings is 1. The van der Waals surface area contributed by atoms with Crippen molar-refractivity contribution < 1.29 is 9.59 Å². The molecule has 0 bridgehead atoms. The fraction of sp³-hybridized carbons (Fsp3) is 0.333. The van der Waals surface area contributed by atoms with E-state index in [1.807, 2.05) is 25.1 Å². The molecule has 0 saturated carbocycles. The number of nitrogens with one attached hydrogen (secondary N) is 1. The zero-order valence-electron chi connectivity index (χ0n) is 8.92. The van der Waals surface area contributed by atoms with Gasteiger partial charge in [0.2, 0.25) is 11.8 Å². The lowest BCUT2D eigenvalue weighted by Gasteiger charge is -2.32. The highest BCUT2D eigenvalue weighted by Crippen LogP contribution is 2.34. The molecule has 1 aliphatic heterocycles.